The Balaban J connectivity index is 2.26. The van der Waals surface area contributed by atoms with E-state index >= 15 is 0 Å². The minimum Gasteiger partial charge on any atom is -0.351 e. The lowest BCUT2D eigenvalue weighted by molar-refractivity contribution is 0.786. The monoisotopic (exact) mass is 262 g/mol. The van der Waals surface area contributed by atoms with Crippen molar-refractivity contribution in [2.75, 3.05) is 11.4 Å². The SMILES string of the molecule is CCN(Cc1ccccn1)c1nc(Cl)ncc1C. The van der Waals surface area contributed by atoms with Gasteiger partial charge in [-0.05, 0) is 37.6 Å². The van der Waals surface area contributed by atoms with E-state index in [4.69, 9.17) is 11.6 Å². The number of hydrogen-bond donors (Lipinski definition) is 0. The summed E-state index contributed by atoms with van der Waals surface area (Å²) in [4.78, 5) is 14.7. The molecular formula is C13H15ClN4. The van der Waals surface area contributed by atoms with E-state index in [0.29, 0.717) is 6.54 Å². The highest BCUT2D eigenvalue weighted by atomic mass is 35.5. The second-order valence-corrected chi connectivity index (χ2v) is 4.32. The van der Waals surface area contributed by atoms with E-state index in [1.807, 2.05) is 25.1 Å². The third-order valence-corrected chi connectivity index (χ3v) is 2.86. The van der Waals surface area contributed by atoms with Crippen LogP contribution in [0, 0.1) is 6.92 Å². The third kappa shape index (κ3) is 2.96. The summed E-state index contributed by atoms with van der Waals surface area (Å²) in [5, 5.41) is 0.273. The van der Waals surface area contributed by atoms with Gasteiger partial charge in [-0.2, -0.15) is 0 Å². The van der Waals surface area contributed by atoms with Crippen molar-refractivity contribution in [1.82, 2.24) is 15.0 Å². The number of aromatic nitrogens is 3. The fraction of sp³-hybridized carbons (Fsp3) is 0.308. The van der Waals surface area contributed by atoms with Crippen LogP contribution in [-0.2, 0) is 6.54 Å². The normalized spacial score (nSPS) is 10.4. The second-order valence-electron chi connectivity index (χ2n) is 3.98. The Morgan fingerprint density at radius 2 is 2.11 bits per heavy atom. The lowest BCUT2D eigenvalue weighted by atomic mass is 10.3. The molecule has 2 aromatic heterocycles. The van der Waals surface area contributed by atoms with E-state index in [0.717, 1.165) is 23.6 Å². The average Bonchev–Trinajstić information content (AvgIpc) is 2.40. The quantitative estimate of drug-likeness (QED) is 0.795. The summed E-state index contributed by atoms with van der Waals surface area (Å²) in [6, 6.07) is 5.89. The molecule has 0 spiro atoms. The van der Waals surface area contributed by atoms with Gasteiger partial charge in [-0.25, -0.2) is 9.97 Å². The zero-order chi connectivity index (χ0) is 13.0. The zero-order valence-corrected chi connectivity index (χ0v) is 11.2. The summed E-state index contributed by atoms with van der Waals surface area (Å²) in [7, 11) is 0. The molecule has 0 aliphatic carbocycles. The maximum Gasteiger partial charge on any atom is 0.224 e. The van der Waals surface area contributed by atoms with Gasteiger partial charge in [0.25, 0.3) is 0 Å². The maximum absolute atomic E-state index is 5.86. The number of hydrogen-bond acceptors (Lipinski definition) is 4. The summed E-state index contributed by atoms with van der Waals surface area (Å²) in [5.41, 5.74) is 2.02. The molecule has 18 heavy (non-hydrogen) atoms. The number of pyridine rings is 1. The maximum atomic E-state index is 5.86. The first-order chi connectivity index (χ1) is 8.70. The molecule has 0 amide bonds. The molecule has 0 fully saturated rings. The van der Waals surface area contributed by atoms with Crippen LogP contribution in [0.2, 0.25) is 5.28 Å². The molecule has 0 aromatic carbocycles. The van der Waals surface area contributed by atoms with E-state index in [1.165, 1.54) is 0 Å². The zero-order valence-electron chi connectivity index (χ0n) is 10.5. The predicted molar refractivity (Wildman–Crippen MR) is 72.7 cm³/mol. The first-order valence-electron chi connectivity index (χ1n) is 5.84. The van der Waals surface area contributed by atoms with Crippen LogP contribution in [0.1, 0.15) is 18.2 Å². The summed E-state index contributed by atoms with van der Waals surface area (Å²) in [6.45, 7) is 5.61. The van der Waals surface area contributed by atoms with Crippen LogP contribution in [0.5, 0.6) is 0 Å². The number of aryl methyl sites for hydroxylation is 1. The van der Waals surface area contributed by atoms with Gasteiger partial charge in [0, 0.05) is 24.5 Å². The van der Waals surface area contributed by atoms with Gasteiger partial charge in [-0.3, -0.25) is 4.98 Å². The average molecular weight is 263 g/mol. The van der Waals surface area contributed by atoms with Crippen LogP contribution < -0.4 is 4.90 Å². The summed E-state index contributed by atoms with van der Waals surface area (Å²) in [5.74, 6) is 0.864. The van der Waals surface area contributed by atoms with Crippen molar-refractivity contribution in [3.8, 4) is 0 Å². The second kappa shape index (κ2) is 5.78. The highest BCUT2D eigenvalue weighted by Gasteiger charge is 2.11. The molecule has 2 aromatic rings. The minimum atomic E-state index is 0.273. The Kier molecular flexibility index (Phi) is 4.10. The molecule has 0 saturated carbocycles. The number of anilines is 1. The van der Waals surface area contributed by atoms with Crippen molar-refractivity contribution in [1.29, 1.82) is 0 Å². The summed E-state index contributed by atoms with van der Waals surface area (Å²) < 4.78 is 0. The number of halogens is 1. The molecule has 5 heteroatoms. The minimum absolute atomic E-state index is 0.273. The molecule has 2 rings (SSSR count). The van der Waals surface area contributed by atoms with Crippen molar-refractivity contribution in [2.45, 2.75) is 20.4 Å². The molecule has 0 aliphatic heterocycles. The van der Waals surface area contributed by atoms with Gasteiger partial charge >= 0.3 is 0 Å². The smallest absolute Gasteiger partial charge is 0.224 e. The molecule has 2 heterocycles. The van der Waals surface area contributed by atoms with Crippen LogP contribution in [0.4, 0.5) is 5.82 Å². The molecule has 0 aliphatic rings. The number of rotatable bonds is 4. The molecule has 0 bridgehead atoms. The van der Waals surface area contributed by atoms with E-state index < -0.39 is 0 Å². The molecule has 0 atom stereocenters. The van der Waals surface area contributed by atoms with Gasteiger partial charge in [0.2, 0.25) is 5.28 Å². The Labute approximate surface area is 112 Å². The first kappa shape index (κ1) is 12.8. The largest absolute Gasteiger partial charge is 0.351 e. The highest BCUT2D eigenvalue weighted by molar-refractivity contribution is 6.28. The van der Waals surface area contributed by atoms with Crippen LogP contribution in [0.25, 0.3) is 0 Å². The Morgan fingerprint density at radius 1 is 1.28 bits per heavy atom. The Morgan fingerprint density at radius 3 is 2.78 bits per heavy atom. The van der Waals surface area contributed by atoms with Crippen molar-refractivity contribution in [3.63, 3.8) is 0 Å². The first-order valence-corrected chi connectivity index (χ1v) is 6.22. The highest BCUT2D eigenvalue weighted by Crippen LogP contribution is 2.19. The van der Waals surface area contributed by atoms with Crippen molar-refractivity contribution in [2.24, 2.45) is 0 Å². The molecular weight excluding hydrogens is 248 g/mol. The van der Waals surface area contributed by atoms with Crippen LogP contribution in [0.15, 0.2) is 30.6 Å². The van der Waals surface area contributed by atoms with E-state index in [2.05, 4.69) is 26.8 Å². The van der Waals surface area contributed by atoms with Gasteiger partial charge < -0.3 is 4.90 Å². The third-order valence-electron chi connectivity index (χ3n) is 2.68. The number of nitrogens with zero attached hydrogens (tertiary/aromatic N) is 4. The van der Waals surface area contributed by atoms with Crippen molar-refractivity contribution in [3.05, 3.63) is 47.1 Å². The van der Waals surface area contributed by atoms with Crippen molar-refractivity contribution < 1.29 is 0 Å². The molecule has 0 radical (unpaired) electrons. The van der Waals surface area contributed by atoms with Gasteiger partial charge in [0.1, 0.15) is 5.82 Å². The van der Waals surface area contributed by atoms with E-state index in [1.54, 1.807) is 12.4 Å². The van der Waals surface area contributed by atoms with E-state index in [-0.39, 0.29) is 5.28 Å². The predicted octanol–water partition coefficient (Wildman–Crippen LogP) is 2.86. The van der Waals surface area contributed by atoms with Crippen LogP contribution in [-0.4, -0.2) is 21.5 Å². The lowest BCUT2D eigenvalue weighted by Gasteiger charge is -2.23. The van der Waals surface area contributed by atoms with Gasteiger partial charge in [-0.1, -0.05) is 6.07 Å². The Hall–Kier alpha value is -1.68. The van der Waals surface area contributed by atoms with Crippen LogP contribution >= 0.6 is 11.6 Å². The fourth-order valence-corrected chi connectivity index (χ4v) is 1.88. The van der Waals surface area contributed by atoms with E-state index in [9.17, 15) is 0 Å². The molecule has 0 N–H and O–H groups in total. The van der Waals surface area contributed by atoms with Crippen LogP contribution in [0.3, 0.4) is 0 Å². The topological polar surface area (TPSA) is 41.9 Å². The van der Waals surface area contributed by atoms with Gasteiger partial charge in [-0.15, -0.1) is 0 Å². The standard InChI is InChI=1S/C13H15ClN4/c1-3-18(9-11-6-4-5-7-15-11)12-10(2)8-16-13(14)17-12/h4-8H,3,9H2,1-2H3. The molecule has 94 valence electrons. The molecule has 0 saturated heterocycles. The Bertz CT molecular complexity index is 516. The summed E-state index contributed by atoms with van der Waals surface area (Å²) in [6.07, 6.45) is 3.54. The molecule has 4 nitrogen and oxygen atoms in total. The van der Waals surface area contributed by atoms with Gasteiger partial charge in [0.05, 0.1) is 12.2 Å². The summed E-state index contributed by atoms with van der Waals surface area (Å²) >= 11 is 5.86. The lowest BCUT2D eigenvalue weighted by Crippen LogP contribution is -2.24. The fourth-order valence-electron chi connectivity index (χ4n) is 1.76. The van der Waals surface area contributed by atoms with Gasteiger partial charge in [0.15, 0.2) is 0 Å². The molecule has 0 unspecified atom stereocenters. The van der Waals surface area contributed by atoms with Crippen molar-refractivity contribution >= 4 is 17.4 Å².